The third-order valence-electron chi connectivity index (χ3n) is 6.22. The van der Waals surface area contributed by atoms with Gasteiger partial charge >= 0.3 is 6.18 Å². The molecule has 3 aromatic carbocycles. The molecule has 0 aromatic heterocycles. The maximum absolute atomic E-state index is 14.2. The van der Waals surface area contributed by atoms with Gasteiger partial charge < -0.3 is 19.9 Å². The number of aromatic hydroxyl groups is 1. The van der Waals surface area contributed by atoms with Crippen LogP contribution in [0.15, 0.2) is 48.5 Å². The molecule has 186 valence electrons. The van der Waals surface area contributed by atoms with E-state index in [9.17, 15) is 22.7 Å². The number of nitrogens with one attached hydrogen (secondary N) is 1. The SMILES string of the molecule is COc1c(O)ccc2c1-c1ccc3c(c1C(=Cc1cc(F)cc(C(F)(F)F)c1)O2)C(C)=CC(C)(C)N3. The van der Waals surface area contributed by atoms with Crippen LogP contribution in [0, 0.1) is 5.82 Å². The van der Waals surface area contributed by atoms with Gasteiger partial charge in [0.1, 0.15) is 17.3 Å². The highest BCUT2D eigenvalue weighted by Crippen LogP contribution is 2.54. The van der Waals surface area contributed by atoms with Crippen molar-refractivity contribution in [2.45, 2.75) is 32.5 Å². The van der Waals surface area contributed by atoms with Gasteiger partial charge in [-0.15, -0.1) is 0 Å². The lowest BCUT2D eigenvalue weighted by Crippen LogP contribution is -2.32. The number of methoxy groups -OCH3 is 1. The molecule has 36 heavy (non-hydrogen) atoms. The molecule has 0 saturated carbocycles. The fourth-order valence-corrected chi connectivity index (χ4v) is 4.96. The largest absolute Gasteiger partial charge is 0.504 e. The average molecular weight is 497 g/mol. The minimum Gasteiger partial charge on any atom is -0.504 e. The van der Waals surface area contributed by atoms with Crippen molar-refractivity contribution in [1.29, 1.82) is 0 Å². The van der Waals surface area contributed by atoms with Gasteiger partial charge in [-0.2, -0.15) is 13.2 Å². The number of ether oxygens (including phenoxy) is 2. The molecule has 0 atom stereocenters. The van der Waals surface area contributed by atoms with Crippen molar-refractivity contribution < 1.29 is 32.1 Å². The van der Waals surface area contributed by atoms with E-state index < -0.39 is 17.6 Å². The lowest BCUT2D eigenvalue weighted by atomic mass is 9.82. The van der Waals surface area contributed by atoms with E-state index >= 15 is 0 Å². The summed E-state index contributed by atoms with van der Waals surface area (Å²) in [5.41, 5.74) is 2.88. The number of hydrogen-bond acceptors (Lipinski definition) is 4. The summed E-state index contributed by atoms with van der Waals surface area (Å²) in [4.78, 5) is 0. The van der Waals surface area contributed by atoms with Gasteiger partial charge in [-0.1, -0.05) is 12.1 Å². The van der Waals surface area contributed by atoms with Crippen molar-refractivity contribution in [3.8, 4) is 28.4 Å². The Balaban J connectivity index is 1.82. The molecule has 0 amide bonds. The molecule has 5 rings (SSSR count). The van der Waals surface area contributed by atoms with Gasteiger partial charge in [-0.05, 0) is 74.4 Å². The maximum atomic E-state index is 14.2. The van der Waals surface area contributed by atoms with Crippen molar-refractivity contribution in [1.82, 2.24) is 0 Å². The second kappa shape index (κ2) is 8.05. The number of benzene rings is 3. The molecule has 2 aliphatic heterocycles. The molecule has 0 fully saturated rings. The molecule has 0 unspecified atom stereocenters. The first-order valence-corrected chi connectivity index (χ1v) is 11.2. The number of phenols is 1. The van der Waals surface area contributed by atoms with E-state index in [1.807, 2.05) is 39.0 Å². The Morgan fingerprint density at radius 1 is 1.03 bits per heavy atom. The monoisotopic (exact) mass is 497 g/mol. The van der Waals surface area contributed by atoms with Crippen LogP contribution in [-0.4, -0.2) is 17.8 Å². The highest BCUT2D eigenvalue weighted by atomic mass is 19.4. The quantitative estimate of drug-likeness (QED) is 0.356. The first-order chi connectivity index (χ1) is 16.9. The smallest absolute Gasteiger partial charge is 0.416 e. The van der Waals surface area contributed by atoms with E-state index in [1.165, 1.54) is 19.3 Å². The molecule has 3 aromatic rings. The number of allylic oxidation sites excluding steroid dienone is 1. The second-order valence-corrected chi connectivity index (χ2v) is 9.46. The summed E-state index contributed by atoms with van der Waals surface area (Å²) in [6, 6.07) is 9.09. The molecule has 2 aliphatic rings. The van der Waals surface area contributed by atoms with Crippen LogP contribution >= 0.6 is 0 Å². The van der Waals surface area contributed by atoms with Crippen molar-refractivity contribution in [2.24, 2.45) is 0 Å². The third-order valence-corrected chi connectivity index (χ3v) is 6.22. The first-order valence-electron chi connectivity index (χ1n) is 11.2. The van der Waals surface area contributed by atoms with Gasteiger partial charge in [0, 0.05) is 22.4 Å². The van der Waals surface area contributed by atoms with Gasteiger partial charge in [-0.25, -0.2) is 4.39 Å². The van der Waals surface area contributed by atoms with Crippen LogP contribution in [0.5, 0.6) is 17.2 Å². The highest BCUT2D eigenvalue weighted by Gasteiger charge is 2.34. The molecular formula is C28H23F4NO3. The van der Waals surface area contributed by atoms with E-state index in [0.717, 1.165) is 29.0 Å². The van der Waals surface area contributed by atoms with E-state index in [-0.39, 0.29) is 28.4 Å². The third kappa shape index (κ3) is 3.96. The summed E-state index contributed by atoms with van der Waals surface area (Å²) in [7, 11) is 1.43. The minimum atomic E-state index is -4.70. The van der Waals surface area contributed by atoms with Crippen LogP contribution in [0.25, 0.3) is 28.5 Å². The summed E-state index contributed by atoms with van der Waals surface area (Å²) in [5, 5.41) is 13.9. The van der Waals surface area contributed by atoms with Gasteiger partial charge in [-0.3, -0.25) is 0 Å². The fraction of sp³-hybridized carbons (Fsp3) is 0.214. The molecule has 0 bridgehead atoms. The Bertz CT molecular complexity index is 1470. The van der Waals surface area contributed by atoms with E-state index in [0.29, 0.717) is 28.5 Å². The number of fused-ring (bicyclic) bond motifs is 5. The standard InChI is InChI=1S/C28H23F4NO3/c1-14-13-27(2,3)33-19-6-5-18-24(23(14)19)22(36-21-8-7-20(34)26(35-4)25(18)21)11-15-9-16(28(30,31)32)12-17(29)10-15/h5-13,33-34H,1-4H3. The Kier molecular flexibility index (Phi) is 5.32. The van der Waals surface area contributed by atoms with Crippen molar-refractivity contribution >= 4 is 23.1 Å². The summed E-state index contributed by atoms with van der Waals surface area (Å²) in [5.74, 6) is -0.281. The number of phenolic OH excluding ortho intramolecular Hbond substituents is 1. The Morgan fingerprint density at radius 3 is 2.47 bits per heavy atom. The zero-order valence-corrected chi connectivity index (χ0v) is 20.0. The normalized spacial score (nSPS) is 16.8. The van der Waals surface area contributed by atoms with Crippen molar-refractivity contribution in [2.75, 3.05) is 12.4 Å². The van der Waals surface area contributed by atoms with Crippen LogP contribution in [0.3, 0.4) is 0 Å². The maximum Gasteiger partial charge on any atom is 0.416 e. The Labute approximate surface area is 205 Å². The molecule has 0 aliphatic carbocycles. The average Bonchev–Trinajstić information content (AvgIpc) is 2.77. The van der Waals surface area contributed by atoms with Crippen molar-refractivity contribution in [3.63, 3.8) is 0 Å². The number of halogens is 4. The summed E-state index contributed by atoms with van der Waals surface area (Å²) in [6.07, 6.45) is -1.26. The fourth-order valence-electron chi connectivity index (χ4n) is 4.96. The molecular weight excluding hydrogens is 474 g/mol. The summed E-state index contributed by atoms with van der Waals surface area (Å²) in [6.45, 7) is 5.99. The van der Waals surface area contributed by atoms with E-state index in [2.05, 4.69) is 5.32 Å². The predicted molar refractivity (Wildman–Crippen MR) is 131 cm³/mol. The molecule has 2 N–H and O–H groups in total. The van der Waals surface area contributed by atoms with Gasteiger partial charge in [0.05, 0.1) is 23.8 Å². The lowest BCUT2D eigenvalue weighted by molar-refractivity contribution is -0.137. The summed E-state index contributed by atoms with van der Waals surface area (Å²) < 4.78 is 65.9. The number of alkyl halides is 3. The van der Waals surface area contributed by atoms with Gasteiger partial charge in [0.25, 0.3) is 0 Å². The van der Waals surface area contributed by atoms with Crippen LogP contribution in [0.2, 0.25) is 0 Å². The van der Waals surface area contributed by atoms with Crippen LogP contribution in [0.1, 0.15) is 43.0 Å². The first kappa shape index (κ1) is 23.8. The molecule has 0 spiro atoms. The molecule has 8 heteroatoms. The van der Waals surface area contributed by atoms with E-state index in [4.69, 9.17) is 9.47 Å². The lowest BCUT2D eigenvalue weighted by Gasteiger charge is -2.35. The number of rotatable bonds is 2. The molecule has 0 saturated heterocycles. The van der Waals surface area contributed by atoms with Crippen LogP contribution in [-0.2, 0) is 6.18 Å². The minimum absolute atomic E-state index is 0.000743. The molecule has 0 radical (unpaired) electrons. The van der Waals surface area contributed by atoms with Crippen LogP contribution in [0.4, 0.5) is 23.2 Å². The number of anilines is 1. The molecule has 4 nitrogen and oxygen atoms in total. The van der Waals surface area contributed by atoms with Crippen LogP contribution < -0.4 is 14.8 Å². The predicted octanol–water partition coefficient (Wildman–Crippen LogP) is 7.72. The zero-order chi connectivity index (χ0) is 26.0. The Morgan fingerprint density at radius 2 is 1.78 bits per heavy atom. The second-order valence-electron chi connectivity index (χ2n) is 9.46. The zero-order valence-electron chi connectivity index (χ0n) is 20.0. The van der Waals surface area contributed by atoms with E-state index in [1.54, 1.807) is 6.07 Å². The Hall–Kier alpha value is -3.94. The number of hydrogen-bond donors (Lipinski definition) is 2. The highest BCUT2D eigenvalue weighted by molar-refractivity contribution is 6.02. The van der Waals surface area contributed by atoms with Gasteiger partial charge in [0.15, 0.2) is 11.5 Å². The van der Waals surface area contributed by atoms with Gasteiger partial charge in [0.2, 0.25) is 0 Å². The van der Waals surface area contributed by atoms with Crippen molar-refractivity contribution in [3.05, 3.63) is 76.6 Å². The molecule has 2 heterocycles. The topological polar surface area (TPSA) is 50.7 Å². The summed E-state index contributed by atoms with van der Waals surface area (Å²) >= 11 is 0.